The number of benzene rings is 1. The van der Waals surface area contributed by atoms with Gasteiger partial charge in [-0.1, -0.05) is 18.2 Å². The van der Waals surface area contributed by atoms with Crippen molar-refractivity contribution >= 4 is 28.8 Å². The summed E-state index contributed by atoms with van der Waals surface area (Å²) in [6.45, 7) is 6.42. The van der Waals surface area contributed by atoms with Crippen molar-refractivity contribution in [3.8, 4) is 5.69 Å². The molecule has 3 aromatic rings. The summed E-state index contributed by atoms with van der Waals surface area (Å²) in [4.78, 5) is 21.4. The monoisotopic (exact) mass is 300 g/mol. The number of aromatic nitrogens is 4. The quantitative estimate of drug-likeness (QED) is 0.747. The van der Waals surface area contributed by atoms with Gasteiger partial charge in [-0.05, 0) is 37.3 Å². The standard InChI is InChI=1S/C15H13ClN4O/c1-3-12-18-14-13(17-9-19(14)4-2)15(21)20(12)11-7-5-10(16)6-8-11/h3,5-9H,1,4H2,2H3. The Bertz CT molecular complexity index is 877. The average Bonchev–Trinajstić information content (AvgIpc) is 2.91. The van der Waals surface area contributed by atoms with Crippen LogP contribution in [0.5, 0.6) is 0 Å². The lowest BCUT2D eigenvalue weighted by molar-refractivity contribution is 0.774. The Hall–Kier alpha value is -2.40. The fraction of sp³-hybridized carbons (Fsp3) is 0.133. The second-order valence-electron chi connectivity index (χ2n) is 4.49. The van der Waals surface area contributed by atoms with E-state index in [9.17, 15) is 4.79 Å². The Morgan fingerprint density at radius 1 is 1.33 bits per heavy atom. The molecule has 21 heavy (non-hydrogen) atoms. The Morgan fingerprint density at radius 3 is 2.67 bits per heavy atom. The van der Waals surface area contributed by atoms with Gasteiger partial charge in [0.15, 0.2) is 11.2 Å². The highest BCUT2D eigenvalue weighted by molar-refractivity contribution is 6.30. The minimum atomic E-state index is -0.218. The van der Waals surface area contributed by atoms with E-state index in [0.29, 0.717) is 34.2 Å². The normalized spacial score (nSPS) is 11.0. The van der Waals surface area contributed by atoms with Gasteiger partial charge in [-0.2, -0.15) is 0 Å². The highest BCUT2D eigenvalue weighted by atomic mass is 35.5. The van der Waals surface area contributed by atoms with Crippen LogP contribution in [0.4, 0.5) is 0 Å². The van der Waals surface area contributed by atoms with E-state index < -0.39 is 0 Å². The summed E-state index contributed by atoms with van der Waals surface area (Å²) in [6, 6.07) is 6.98. The highest BCUT2D eigenvalue weighted by Gasteiger charge is 2.14. The third-order valence-corrected chi connectivity index (χ3v) is 3.53. The average molecular weight is 301 g/mol. The van der Waals surface area contributed by atoms with Gasteiger partial charge < -0.3 is 4.57 Å². The lowest BCUT2D eigenvalue weighted by Crippen LogP contribution is -2.22. The summed E-state index contributed by atoms with van der Waals surface area (Å²) in [5, 5.41) is 0.608. The fourth-order valence-electron chi connectivity index (χ4n) is 2.22. The topological polar surface area (TPSA) is 52.7 Å². The maximum absolute atomic E-state index is 12.7. The minimum absolute atomic E-state index is 0.218. The third-order valence-electron chi connectivity index (χ3n) is 3.27. The molecule has 0 amide bonds. The van der Waals surface area contributed by atoms with Gasteiger partial charge in [0.05, 0.1) is 12.0 Å². The first-order valence-corrected chi connectivity index (χ1v) is 6.89. The molecule has 2 aromatic heterocycles. The second kappa shape index (κ2) is 5.18. The van der Waals surface area contributed by atoms with Crippen molar-refractivity contribution in [3.05, 3.63) is 58.4 Å². The third kappa shape index (κ3) is 2.15. The molecule has 0 aliphatic carbocycles. The maximum Gasteiger partial charge on any atom is 0.286 e. The summed E-state index contributed by atoms with van der Waals surface area (Å²) >= 11 is 5.89. The molecule has 0 fully saturated rings. The van der Waals surface area contributed by atoms with Gasteiger partial charge >= 0.3 is 0 Å². The number of aryl methyl sites for hydroxylation is 1. The van der Waals surface area contributed by atoms with E-state index in [-0.39, 0.29) is 5.56 Å². The molecular weight excluding hydrogens is 288 g/mol. The van der Waals surface area contributed by atoms with Crippen molar-refractivity contribution < 1.29 is 0 Å². The van der Waals surface area contributed by atoms with Crippen LogP contribution in [0, 0.1) is 0 Å². The molecule has 0 aliphatic rings. The van der Waals surface area contributed by atoms with Crippen molar-refractivity contribution in [1.82, 2.24) is 19.1 Å². The first kappa shape index (κ1) is 13.6. The number of rotatable bonds is 3. The van der Waals surface area contributed by atoms with E-state index in [0.717, 1.165) is 0 Å². The zero-order valence-corrected chi connectivity index (χ0v) is 12.2. The Kier molecular flexibility index (Phi) is 3.35. The Balaban J connectivity index is 2.36. The zero-order valence-electron chi connectivity index (χ0n) is 11.5. The summed E-state index contributed by atoms with van der Waals surface area (Å²) in [6.07, 6.45) is 3.18. The lowest BCUT2D eigenvalue weighted by Gasteiger charge is -2.10. The molecule has 3 rings (SSSR count). The van der Waals surface area contributed by atoms with Gasteiger partial charge in [0.2, 0.25) is 0 Å². The summed E-state index contributed by atoms with van der Waals surface area (Å²) in [5.41, 5.74) is 1.38. The molecule has 1 aromatic carbocycles. The molecule has 106 valence electrons. The van der Waals surface area contributed by atoms with Crippen LogP contribution in [0.1, 0.15) is 12.7 Å². The highest BCUT2D eigenvalue weighted by Crippen LogP contribution is 2.16. The molecule has 0 spiro atoms. The number of fused-ring (bicyclic) bond motifs is 1. The van der Waals surface area contributed by atoms with E-state index in [4.69, 9.17) is 11.6 Å². The van der Waals surface area contributed by atoms with Crippen LogP contribution in [0.25, 0.3) is 22.9 Å². The van der Waals surface area contributed by atoms with E-state index in [1.165, 1.54) is 4.57 Å². The molecule has 0 bridgehead atoms. The van der Waals surface area contributed by atoms with Gasteiger partial charge in [0.1, 0.15) is 5.82 Å². The molecule has 0 N–H and O–H groups in total. The lowest BCUT2D eigenvalue weighted by atomic mass is 10.3. The van der Waals surface area contributed by atoms with E-state index in [2.05, 4.69) is 16.5 Å². The number of hydrogen-bond donors (Lipinski definition) is 0. The molecule has 0 saturated heterocycles. The smallest absolute Gasteiger partial charge is 0.286 e. The van der Waals surface area contributed by atoms with Crippen LogP contribution in [-0.2, 0) is 6.54 Å². The van der Waals surface area contributed by atoms with Crippen molar-refractivity contribution in [2.75, 3.05) is 0 Å². The van der Waals surface area contributed by atoms with Crippen LogP contribution < -0.4 is 5.56 Å². The molecule has 0 unspecified atom stereocenters. The van der Waals surface area contributed by atoms with Gasteiger partial charge in [-0.15, -0.1) is 0 Å². The van der Waals surface area contributed by atoms with Gasteiger partial charge in [-0.25, -0.2) is 9.97 Å². The first-order chi connectivity index (χ1) is 10.2. The molecule has 0 radical (unpaired) electrons. The number of halogens is 1. The summed E-state index contributed by atoms with van der Waals surface area (Å²) in [5.74, 6) is 0.477. The maximum atomic E-state index is 12.7. The van der Waals surface area contributed by atoms with E-state index >= 15 is 0 Å². The molecule has 5 nitrogen and oxygen atoms in total. The first-order valence-electron chi connectivity index (χ1n) is 6.52. The van der Waals surface area contributed by atoms with E-state index in [1.54, 1.807) is 36.7 Å². The molecule has 0 aliphatic heterocycles. The van der Waals surface area contributed by atoms with Gasteiger partial charge in [0, 0.05) is 11.6 Å². The van der Waals surface area contributed by atoms with Crippen LogP contribution in [0.3, 0.4) is 0 Å². The van der Waals surface area contributed by atoms with Crippen LogP contribution in [-0.4, -0.2) is 19.1 Å². The van der Waals surface area contributed by atoms with Crippen molar-refractivity contribution in [1.29, 1.82) is 0 Å². The molecule has 0 atom stereocenters. The SMILES string of the molecule is C=Cc1nc2c(ncn2CC)c(=O)n1-c1ccc(Cl)cc1. The van der Waals surface area contributed by atoms with Crippen LogP contribution in [0.2, 0.25) is 5.02 Å². The minimum Gasteiger partial charge on any atom is -0.315 e. The summed E-state index contributed by atoms with van der Waals surface area (Å²) in [7, 11) is 0. The number of hydrogen-bond acceptors (Lipinski definition) is 3. The largest absolute Gasteiger partial charge is 0.315 e. The molecule has 2 heterocycles. The fourth-order valence-corrected chi connectivity index (χ4v) is 2.35. The van der Waals surface area contributed by atoms with Crippen molar-refractivity contribution in [3.63, 3.8) is 0 Å². The molecule has 0 saturated carbocycles. The van der Waals surface area contributed by atoms with Crippen molar-refractivity contribution in [2.45, 2.75) is 13.5 Å². The Labute approximate surface area is 126 Å². The molecule has 6 heteroatoms. The predicted octanol–water partition coefficient (Wildman–Crippen LogP) is 2.90. The van der Waals surface area contributed by atoms with Gasteiger partial charge in [-0.3, -0.25) is 9.36 Å². The number of imidazole rings is 1. The predicted molar refractivity (Wildman–Crippen MR) is 83.9 cm³/mol. The van der Waals surface area contributed by atoms with Crippen LogP contribution in [0.15, 0.2) is 42.0 Å². The van der Waals surface area contributed by atoms with Crippen molar-refractivity contribution in [2.24, 2.45) is 0 Å². The summed E-state index contributed by atoms with van der Waals surface area (Å²) < 4.78 is 3.31. The Morgan fingerprint density at radius 2 is 2.05 bits per heavy atom. The number of nitrogens with zero attached hydrogens (tertiary/aromatic N) is 4. The molecular formula is C15H13ClN4O. The van der Waals surface area contributed by atoms with E-state index in [1.807, 2.05) is 11.5 Å². The zero-order chi connectivity index (χ0) is 15.0. The van der Waals surface area contributed by atoms with Gasteiger partial charge in [0.25, 0.3) is 5.56 Å². The second-order valence-corrected chi connectivity index (χ2v) is 4.93. The van der Waals surface area contributed by atoms with Crippen LogP contribution >= 0.6 is 11.6 Å².